The van der Waals surface area contributed by atoms with E-state index in [9.17, 15) is 4.79 Å². The van der Waals surface area contributed by atoms with E-state index in [2.05, 4.69) is 37.4 Å². The molecule has 0 aliphatic carbocycles. The summed E-state index contributed by atoms with van der Waals surface area (Å²) in [6.45, 7) is 5.45. The third kappa shape index (κ3) is 4.76. The lowest BCUT2D eigenvalue weighted by Gasteiger charge is -2.18. The molecule has 112 valence electrons. The van der Waals surface area contributed by atoms with Crippen molar-refractivity contribution in [2.75, 3.05) is 13.2 Å². The van der Waals surface area contributed by atoms with Crippen LogP contribution in [-0.4, -0.2) is 30.1 Å². The van der Waals surface area contributed by atoms with Crippen molar-refractivity contribution in [2.24, 2.45) is 0 Å². The fraction of sp³-hybridized carbons (Fsp3) is 0.353. The molecule has 0 aliphatic rings. The lowest BCUT2D eigenvalue weighted by atomic mass is 10.1. The first-order chi connectivity index (χ1) is 10.2. The zero-order chi connectivity index (χ0) is 15.1. The number of benzene rings is 2. The minimum absolute atomic E-state index is 0.115. The van der Waals surface area contributed by atoms with Gasteiger partial charge in [0.2, 0.25) is 0 Å². The molecule has 0 saturated carbocycles. The van der Waals surface area contributed by atoms with Gasteiger partial charge in [0.15, 0.2) is 5.62 Å². The molecule has 0 bridgehead atoms. The Kier molecular flexibility index (Phi) is 6.08. The summed E-state index contributed by atoms with van der Waals surface area (Å²) >= 11 is 1.27. The van der Waals surface area contributed by atoms with E-state index in [-0.39, 0.29) is 5.25 Å². The largest absolute Gasteiger partial charge is 0.492 e. The van der Waals surface area contributed by atoms with Gasteiger partial charge < -0.3 is 10.1 Å². The predicted octanol–water partition coefficient (Wildman–Crippen LogP) is 3.51. The van der Waals surface area contributed by atoms with Gasteiger partial charge >= 0.3 is 0 Å². The van der Waals surface area contributed by atoms with Crippen LogP contribution in [0.2, 0.25) is 0 Å². The van der Waals surface area contributed by atoms with Crippen molar-refractivity contribution in [3.8, 4) is 5.75 Å². The Balaban J connectivity index is 2.03. The van der Waals surface area contributed by atoms with Gasteiger partial charge in [-0.15, -0.1) is 0 Å². The number of nitrogens with one attached hydrogen (secondary N) is 1. The molecule has 0 spiro atoms. The van der Waals surface area contributed by atoms with E-state index in [1.807, 2.05) is 24.3 Å². The highest BCUT2D eigenvalue weighted by atomic mass is 32.2. The highest BCUT2D eigenvalue weighted by Crippen LogP contribution is 2.25. The maximum Gasteiger partial charge on any atom is 0.176 e. The first-order valence-electron chi connectivity index (χ1n) is 7.13. The monoisotopic (exact) mass is 303 g/mol. The third-order valence-corrected chi connectivity index (χ3v) is 3.97. The van der Waals surface area contributed by atoms with Crippen LogP contribution in [-0.2, 0) is 4.79 Å². The highest BCUT2D eigenvalue weighted by molar-refractivity contribution is 8.12. The molecule has 2 rings (SSSR count). The quantitative estimate of drug-likeness (QED) is 0.757. The molecule has 0 radical (unpaired) electrons. The lowest BCUT2D eigenvalue weighted by molar-refractivity contribution is 0.315. The summed E-state index contributed by atoms with van der Waals surface area (Å²) in [7, 11) is 0. The van der Waals surface area contributed by atoms with Crippen molar-refractivity contribution >= 4 is 28.2 Å². The maximum atomic E-state index is 10.8. The molecule has 2 aromatic carbocycles. The zero-order valence-electron chi connectivity index (χ0n) is 12.4. The Hall–Kier alpha value is -1.52. The van der Waals surface area contributed by atoms with E-state index in [4.69, 9.17) is 4.74 Å². The van der Waals surface area contributed by atoms with Crippen LogP contribution in [0.15, 0.2) is 42.5 Å². The van der Waals surface area contributed by atoms with Crippen LogP contribution in [0.3, 0.4) is 0 Å². The van der Waals surface area contributed by atoms with Crippen molar-refractivity contribution in [3.05, 3.63) is 42.5 Å². The highest BCUT2D eigenvalue weighted by Gasteiger charge is 2.11. The first-order valence-corrected chi connectivity index (χ1v) is 8.08. The van der Waals surface area contributed by atoms with E-state index in [0.29, 0.717) is 12.6 Å². The average Bonchev–Trinajstić information content (AvgIpc) is 2.50. The van der Waals surface area contributed by atoms with Gasteiger partial charge in [0.25, 0.3) is 0 Å². The van der Waals surface area contributed by atoms with E-state index in [0.717, 1.165) is 28.7 Å². The number of carbonyl (C=O) groups excluding carboxylic acids is 1. The minimum atomic E-state index is 0.115. The fourth-order valence-electron chi connectivity index (χ4n) is 2.10. The van der Waals surface area contributed by atoms with Crippen LogP contribution in [0.25, 0.3) is 10.8 Å². The number of fused-ring (bicyclic) bond motifs is 1. The topological polar surface area (TPSA) is 38.3 Å². The number of rotatable bonds is 8. The van der Waals surface area contributed by atoms with Gasteiger partial charge in [-0.05, 0) is 11.5 Å². The number of thioether (sulfide) groups is 1. The molecule has 21 heavy (non-hydrogen) atoms. The molecule has 0 aromatic heterocycles. The predicted molar refractivity (Wildman–Crippen MR) is 90.7 cm³/mol. The molecule has 4 heteroatoms. The Bertz CT molecular complexity index is 581. The van der Waals surface area contributed by atoms with Crippen LogP contribution < -0.4 is 10.1 Å². The van der Waals surface area contributed by atoms with E-state index in [1.165, 1.54) is 11.8 Å². The molecular weight excluding hydrogens is 282 g/mol. The molecule has 0 fully saturated rings. The average molecular weight is 303 g/mol. The van der Waals surface area contributed by atoms with Crippen LogP contribution in [0, 0.1) is 0 Å². The summed E-state index contributed by atoms with van der Waals surface area (Å²) in [5.74, 6) is 0.870. The fourth-order valence-corrected chi connectivity index (χ4v) is 2.59. The number of ether oxygens (including phenoxy) is 1. The molecule has 1 N–H and O–H groups in total. The Labute approximate surface area is 130 Å². The zero-order valence-corrected chi connectivity index (χ0v) is 13.2. The van der Waals surface area contributed by atoms with Gasteiger partial charge in [0, 0.05) is 18.0 Å². The molecule has 0 aliphatic heterocycles. The summed E-state index contributed by atoms with van der Waals surface area (Å²) in [5.41, 5.74) is 0.888. The van der Waals surface area contributed by atoms with Crippen molar-refractivity contribution in [1.29, 1.82) is 0 Å². The minimum Gasteiger partial charge on any atom is -0.492 e. The smallest absolute Gasteiger partial charge is 0.176 e. The summed E-state index contributed by atoms with van der Waals surface area (Å²) in [4.78, 5) is 10.8. The number of hydrogen-bond acceptors (Lipinski definition) is 4. The van der Waals surface area contributed by atoms with Crippen LogP contribution in [0.1, 0.15) is 13.8 Å². The lowest BCUT2D eigenvalue weighted by Crippen LogP contribution is -2.33. The number of carbonyl (C=O) groups is 1. The third-order valence-electron chi connectivity index (χ3n) is 3.18. The van der Waals surface area contributed by atoms with Crippen LogP contribution in [0.5, 0.6) is 5.75 Å². The first kappa shape index (κ1) is 15.9. The standard InChI is InChI=1S/C17H21NO2S/c1-13(2)18-10-15(21-12-19)11-20-17-9-5-7-14-6-3-4-8-16(14)17/h3-9,12-13,15,18H,10-11H2,1-2H3. The molecule has 0 saturated heterocycles. The normalized spacial score (nSPS) is 12.5. The SMILES string of the molecule is CC(C)NCC(COc1cccc2ccccc12)SC=O. The molecule has 3 nitrogen and oxygen atoms in total. The summed E-state index contributed by atoms with van der Waals surface area (Å²) in [6, 6.07) is 14.6. The van der Waals surface area contributed by atoms with Crippen LogP contribution >= 0.6 is 11.8 Å². The van der Waals surface area contributed by atoms with Gasteiger partial charge in [-0.25, -0.2) is 0 Å². The van der Waals surface area contributed by atoms with Crippen molar-refractivity contribution < 1.29 is 9.53 Å². The Morgan fingerprint density at radius 1 is 1.19 bits per heavy atom. The number of hydrogen-bond donors (Lipinski definition) is 1. The van der Waals surface area contributed by atoms with Crippen molar-refractivity contribution in [2.45, 2.75) is 25.1 Å². The molecule has 0 amide bonds. The Morgan fingerprint density at radius 2 is 1.95 bits per heavy atom. The second-order valence-corrected chi connectivity index (χ2v) is 6.34. The van der Waals surface area contributed by atoms with E-state index in [1.54, 1.807) is 0 Å². The second-order valence-electron chi connectivity index (χ2n) is 5.21. The molecule has 2 aromatic rings. The van der Waals surface area contributed by atoms with Crippen LogP contribution in [0.4, 0.5) is 0 Å². The maximum absolute atomic E-state index is 10.8. The van der Waals surface area contributed by atoms with Gasteiger partial charge in [-0.2, -0.15) is 0 Å². The second kappa shape index (κ2) is 8.05. The summed E-state index contributed by atoms with van der Waals surface area (Å²) in [6.07, 6.45) is 0. The van der Waals surface area contributed by atoms with Gasteiger partial charge in [0.1, 0.15) is 12.4 Å². The van der Waals surface area contributed by atoms with Crippen molar-refractivity contribution in [1.82, 2.24) is 5.32 Å². The Morgan fingerprint density at radius 3 is 2.71 bits per heavy atom. The van der Waals surface area contributed by atoms with Gasteiger partial charge in [0.05, 0.1) is 5.25 Å². The molecule has 1 atom stereocenters. The van der Waals surface area contributed by atoms with E-state index < -0.39 is 0 Å². The molecule has 1 unspecified atom stereocenters. The van der Waals surface area contributed by atoms with E-state index >= 15 is 0 Å². The van der Waals surface area contributed by atoms with Crippen molar-refractivity contribution in [3.63, 3.8) is 0 Å². The molecular formula is C17H21NO2S. The van der Waals surface area contributed by atoms with Gasteiger partial charge in [-0.1, -0.05) is 62.0 Å². The molecule has 0 heterocycles. The summed E-state index contributed by atoms with van der Waals surface area (Å²) in [5, 5.41) is 5.72. The summed E-state index contributed by atoms with van der Waals surface area (Å²) < 4.78 is 5.95. The van der Waals surface area contributed by atoms with Gasteiger partial charge in [-0.3, -0.25) is 4.79 Å².